The Hall–Kier alpha value is 0.270. The molecule has 1 saturated heterocycles. The summed E-state index contributed by atoms with van der Waals surface area (Å²) in [6, 6.07) is 0. The second kappa shape index (κ2) is 7.23. The van der Waals surface area contributed by atoms with Crippen LogP contribution in [-0.2, 0) is 0 Å². The van der Waals surface area contributed by atoms with Crippen molar-refractivity contribution in [2.45, 2.75) is 77.0 Å². The molecule has 21 heavy (non-hydrogen) atoms. The van der Waals surface area contributed by atoms with Crippen LogP contribution in [0.25, 0.3) is 0 Å². The van der Waals surface area contributed by atoms with E-state index in [0.29, 0.717) is 11.0 Å². The van der Waals surface area contributed by atoms with Crippen LogP contribution in [0.1, 0.15) is 66.2 Å². The van der Waals surface area contributed by atoms with E-state index >= 15 is 0 Å². The molecular weight excluding hydrogens is 276 g/mol. The lowest BCUT2D eigenvalue weighted by atomic mass is 9.76. The van der Waals surface area contributed by atoms with Gasteiger partial charge in [-0.2, -0.15) is 11.8 Å². The minimum atomic E-state index is 0.300. The van der Waals surface area contributed by atoms with E-state index in [1.54, 1.807) is 0 Å². The Morgan fingerprint density at radius 1 is 1.24 bits per heavy atom. The molecule has 0 bridgehead atoms. The van der Waals surface area contributed by atoms with Gasteiger partial charge in [-0.3, -0.25) is 4.90 Å². The average molecular weight is 313 g/mol. The molecule has 0 aromatic rings. The molecule has 1 saturated carbocycles. The first kappa shape index (κ1) is 17.6. The highest BCUT2D eigenvalue weighted by Gasteiger charge is 2.40. The van der Waals surface area contributed by atoms with Crippen molar-refractivity contribution in [3.8, 4) is 0 Å². The van der Waals surface area contributed by atoms with E-state index in [9.17, 15) is 0 Å². The number of nitrogens with zero attached hydrogens (tertiary/aromatic N) is 1. The minimum absolute atomic E-state index is 0.300. The molecule has 1 aliphatic heterocycles. The van der Waals surface area contributed by atoms with E-state index in [2.05, 4.69) is 44.4 Å². The van der Waals surface area contributed by atoms with Gasteiger partial charge in [0.25, 0.3) is 0 Å². The van der Waals surface area contributed by atoms with Gasteiger partial charge in [0, 0.05) is 36.2 Å². The lowest BCUT2D eigenvalue weighted by molar-refractivity contribution is 0.0775. The Balaban J connectivity index is 2.07. The van der Waals surface area contributed by atoms with E-state index in [1.165, 1.54) is 57.4 Å². The van der Waals surface area contributed by atoms with Crippen molar-refractivity contribution in [2.75, 3.05) is 25.4 Å². The molecule has 0 aromatic heterocycles. The fourth-order valence-electron chi connectivity index (χ4n) is 4.30. The predicted molar refractivity (Wildman–Crippen MR) is 95.9 cm³/mol. The smallest absolute Gasteiger partial charge is 0.0332 e. The lowest BCUT2D eigenvalue weighted by Gasteiger charge is -2.47. The van der Waals surface area contributed by atoms with Crippen LogP contribution in [0.2, 0.25) is 0 Å². The molecule has 3 heteroatoms. The third-order valence-corrected chi connectivity index (χ3v) is 7.39. The van der Waals surface area contributed by atoms with E-state index in [4.69, 9.17) is 5.73 Å². The molecule has 1 heterocycles. The molecule has 3 atom stereocenters. The fraction of sp³-hybridized carbons (Fsp3) is 1.00. The first-order chi connectivity index (χ1) is 9.91. The summed E-state index contributed by atoms with van der Waals surface area (Å²) >= 11 is 2.17. The van der Waals surface area contributed by atoms with Gasteiger partial charge in [-0.25, -0.2) is 0 Å². The number of nitrogens with two attached hydrogens (primary N) is 1. The first-order valence-electron chi connectivity index (χ1n) is 8.98. The zero-order chi connectivity index (χ0) is 15.5. The van der Waals surface area contributed by atoms with Crippen LogP contribution in [0.5, 0.6) is 0 Å². The lowest BCUT2D eigenvalue weighted by Crippen LogP contribution is -2.57. The zero-order valence-corrected chi connectivity index (χ0v) is 15.5. The summed E-state index contributed by atoms with van der Waals surface area (Å²) in [6.45, 7) is 12.9. The fourth-order valence-corrected chi connectivity index (χ4v) is 5.48. The Morgan fingerprint density at radius 2 is 2.00 bits per heavy atom. The minimum Gasteiger partial charge on any atom is -0.329 e. The van der Waals surface area contributed by atoms with Crippen LogP contribution in [0, 0.1) is 11.3 Å². The van der Waals surface area contributed by atoms with Gasteiger partial charge < -0.3 is 5.73 Å². The molecule has 2 fully saturated rings. The van der Waals surface area contributed by atoms with Crippen molar-refractivity contribution in [1.29, 1.82) is 0 Å². The molecule has 124 valence electrons. The summed E-state index contributed by atoms with van der Waals surface area (Å²) in [5.41, 5.74) is 7.08. The number of hydrogen-bond donors (Lipinski definition) is 1. The van der Waals surface area contributed by atoms with Crippen LogP contribution in [0.3, 0.4) is 0 Å². The summed E-state index contributed by atoms with van der Waals surface area (Å²) in [7, 11) is 0. The molecule has 2 nitrogen and oxygen atoms in total. The van der Waals surface area contributed by atoms with Gasteiger partial charge in [0.2, 0.25) is 0 Å². The van der Waals surface area contributed by atoms with Crippen molar-refractivity contribution in [3.63, 3.8) is 0 Å². The van der Waals surface area contributed by atoms with Crippen molar-refractivity contribution >= 4 is 11.8 Å². The Bertz CT molecular complexity index is 326. The van der Waals surface area contributed by atoms with Crippen molar-refractivity contribution < 1.29 is 0 Å². The molecule has 1 aliphatic carbocycles. The van der Waals surface area contributed by atoms with Gasteiger partial charge in [0.15, 0.2) is 0 Å². The molecular formula is C18H36N2S. The van der Waals surface area contributed by atoms with Gasteiger partial charge in [-0.15, -0.1) is 0 Å². The SMILES string of the molecule is CCC1CN(C2(CN)CCCC(C(C)(C)C)CC2)CCS1. The summed E-state index contributed by atoms with van der Waals surface area (Å²) in [5, 5.41) is 0.823. The molecule has 2 N–H and O–H groups in total. The second-order valence-electron chi connectivity index (χ2n) is 8.27. The molecule has 3 unspecified atom stereocenters. The largest absolute Gasteiger partial charge is 0.329 e. The highest BCUT2D eigenvalue weighted by atomic mass is 32.2. The maximum atomic E-state index is 6.33. The van der Waals surface area contributed by atoms with Gasteiger partial charge >= 0.3 is 0 Å². The van der Waals surface area contributed by atoms with Crippen LogP contribution in [0.15, 0.2) is 0 Å². The van der Waals surface area contributed by atoms with E-state index in [-0.39, 0.29) is 0 Å². The third-order valence-electron chi connectivity index (χ3n) is 6.02. The molecule has 0 amide bonds. The van der Waals surface area contributed by atoms with Gasteiger partial charge in [-0.1, -0.05) is 34.1 Å². The molecule has 2 rings (SSSR count). The quantitative estimate of drug-likeness (QED) is 0.794. The zero-order valence-electron chi connectivity index (χ0n) is 14.7. The Kier molecular flexibility index (Phi) is 6.07. The normalized spacial score (nSPS) is 36.4. The second-order valence-corrected chi connectivity index (χ2v) is 9.68. The maximum Gasteiger partial charge on any atom is 0.0332 e. The molecule has 0 spiro atoms. The summed E-state index contributed by atoms with van der Waals surface area (Å²) in [6.07, 6.45) is 8.04. The van der Waals surface area contributed by atoms with Crippen LogP contribution < -0.4 is 5.73 Å². The van der Waals surface area contributed by atoms with E-state index in [1.807, 2.05) is 0 Å². The molecule has 0 aromatic carbocycles. The molecule has 2 aliphatic rings. The third kappa shape index (κ3) is 4.17. The van der Waals surface area contributed by atoms with Crippen molar-refractivity contribution in [1.82, 2.24) is 4.90 Å². The number of thioether (sulfide) groups is 1. The summed E-state index contributed by atoms with van der Waals surface area (Å²) in [5.74, 6) is 2.16. The number of rotatable bonds is 3. The predicted octanol–water partition coefficient (Wildman–Crippen LogP) is 4.14. The highest BCUT2D eigenvalue weighted by Crippen LogP contribution is 2.42. The van der Waals surface area contributed by atoms with E-state index < -0.39 is 0 Å². The first-order valence-corrected chi connectivity index (χ1v) is 10.0. The topological polar surface area (TPSA) is 29.3 Å². The van der Waals surface area contributed by atoms with Crippen LogP contribution in [0.4, 0.5) is 0 Å². The van der Waals surface area contributed by atoms with Gasteiger partial charge in [0.1, 0.15) is 0 Å². The number of hydrogen-bond acceptors (Lipinski definition) is 3. The average Bonchev–Trinajstić information content (AvgIpc) is 2.70. The maximum absolute atomic E-state index is 6.33. The monoisotopic (exact) mass is 312 g/mol. The van der Waals surface area contributed by atoms with Gasteiger partial charge in [-0.05, 0) is 43.4 Å². The van der Waals surface area contributed by atoms with Gasteiger partial charge in [0.05, 0.1) is 0 Å². The van der Waals surface area contributed by atoms with Crippen LogP contribution in [-0.4, -0.2) is 41.1 Å². The standard InChI is InChI=1S/C18H36N2S/c1-5-16-13-20(11-12-21-16)18(14-19)9-6-7-15(8-10-18)17(2,3)4/h15-16H,5-14,19H2,1-4H3. The van der Waals surface area contributed by atoms with Crippen molar-refractivity contribution in [3.05, 3.63) is 0 Å². The Labute approximate surface area is 136 Å². The Morgan fingerprint density at radius 3 is 2.62 bits per heavy atom. The highest BCUT2D eigenvalue weighted by molar-refractivity contribution is 8.00. The van der Waals surface area contributed by atoms with Crippen LogP contribution >= 0.6 is 11.8 Å². The summed E-state index contributed by atoms with van der Waals surface area (Å²) in [4.78, 5) is 2.78. The summed E-state index contributed by atoms with van der Waals surface area (Å²) < 4.78 is 0. The molecule has 0 radical (unpaired) electrons. The van der Waals surface area contributed by atoms with E-state index in [0.717, 1.165) is 17.7 Å². The van der Waals surface area contributed by atoms with Crippen molar-refractivity contribution in [2.24, 2.45) is 17.1 Å².